The predicted octanol–water partition coefficient (Wildman–Crippen LogP) is 1.39. The van der Waals surface area contributed by atoms with E-state index in [1.807, 2.05) is 0 Å². The van der Waals surface area contributed by atoms with Gasteiger partial charge in [-0.15, -0.1) is 0 Å². The molecule has 0 aromatic carbocycles. The molecular formula is C12H34BaO4. The smallest absolute Gasteiger partial charge is 1.00 e. The number of hydrogen-bond donors (Lipinski definition) is 4. The van der Waals surface area contributed by atoms with Crippen molar-refractivity contribution in [1.82, 2.24) is 0 Å². The van der Waals surface area contributed by atoms with E-state index >= 15 is 0 Å². The molecular weight excluding hydrogens is 345 g/mol. The molecule has 0 amide bonds. The molecule has 0 saturated heterocycles. The maximum absolute atomic E-state index is 8.06. The predicted molar refractivity (Wildman–Crippen MR) is 77.4 cm³/mol. The van der Waals surface area contributed by atoms with E-state index in [-0.39, 0.29) is 76.2 Å². The van der Waals surface area contributed by atoms with Crippen LogP contribution < -0.4 is 0 Å². The average Bonchev–Trinajstić information content (AvgIpc) is 1.76. The van der Waals surface area contributed by atoms with Crippen molar-refractivity contribution in [2.24, 2.45) is 0 Å². The summed E-state index contributed by atoms with van der Waals surface area (Å²) in [5.41, 5.74) is 0. The van der Waals surface area contributed by atoms with E-state index in [4.69, 9.17) is 20.4 Å². The second kappa shape index (κ2) is 26.1. The fourth-order valence-electron chi connectivity index (χ4n) is 0. The Morgan fingerprint density at radius 1 is 0.471 bits per heavy atom. The van der Waals surface area contributed by atoms with Crippen molar-refractivity contribution in [2.75, 3.05) is 0 Å². The van der Waals surface area contributed by atoms with Crippen LogP contribution >= 0.6 is 0 Å². The maximum Gasteiger partial charge on any atom is 2.00 e. The second-order valence-electron chi connectivity index (χ2n) is 4.37. The quantitative estimate of drug-likeness (QED) is 0.480. The van der Waals surface area contributed by atoms with Crippen molar-refractivity contribution in [3.05, 3.63) is 0 Å². The zero-order valence-corrected chi connectivity index (χ0v) is 17.2. The fraction of sp³-hybridized carbons (Fsp3) is 1.00. The number of rotatable bonds is 0. The molecule has 0 radical (unpaired) electrons. The van der Waals surface area contributed by atoms with Crippen LogP contribution in [0, 0.1) is 0 Å². The van der Waals surface area contributed by atoms with Gasteiger partial charge in [-0.05, 0) is 55.4 Å². The summed E-state index contributed by atoms with van der Waals surface area (Å²) in [6.07, 6.45) is -0.667. The largest absolute Gasteiger partial charge is 2.00 e. The Bertz CT molecular complexity index is 70.7. The summed E-state index contributed by atoms with van der Waals surface area (Å²) in [4.78, 5) is 0. The first-order valence-electron chi connectivity index (χ1n) is 5.65. The summed E-state index contributed by atoms with van der Waals surface area (Å²) >= 11 is 0. The molecule has 0 unspecified atom stereocenters. The molecule has 0 heterocycles. The number of hydrogen-bond acceptors (Lipinski definition) is 4. The van der Waals surface area contributed by atoms with Crippen LogP contribution in [0.2, 0.25) is 0 Å². The Hall–Kier alpha value is 1.41. The monoisotopic (exact) mass is 380 g/mol. The van der Waals surface area contributed by atoms with Crippen LogP contribution in [0.15, 0.2) is 0 Å². The first kappa shape index (κ1) is 31.0. The van der Waals surface area contributed by atoms with E-state index in [0.29, 0.717) is 0 Å². The third-order valence-corrected chi connectivity index (χ3v) is 0. The Morgan fingerprint density at radius 2 is 0.471 bits per heavy atom. The molecule has 0 fully saturated rings. The molecule has 0 rings (SSSR count). The molecule has 0 spiro atoms. The van der Waals surface area contributed by atoms with Crippen molar-refractivity contribution in [1.29, 1.82) is 0 Å². The van der Waals surface area contributed by atoms with Gasteiger partial charge in [-0.25, -0.2) is 0 Å². The van der Waals surface area contributed by atoms with E-state index in [0.717, 1.165) is 0 Å². The van der Waals surface area contributed by atoms with Crippen molar-refractivity contribution in [3.63, 3.8) is 0 Å². The van der Waals surface area contributed by atoms with Gasteiger partial charge in [0.05, 0.1) is 0 Å². The van der Waals surface area contributed by atoms with Crippen LogP contribution in [0.25, 0.3) is 0 Å². The van der Waals surface area contributed by atoms with Gasteiger partial charge in [0, 0.05) is 24.4 Å². The molecule has 0 aliphatic carbocycles. The molecule has 0 saturated carbocycles. The molecule has 4 nitrogen and oxygen atoms in total. The third kappa shape index (κ3) is 2080. The van der Waals surface area contributed by atoms with Crippen LogP contribution in [-0.4, -0.2) is 93.7 Å². The van der Waals surface area contributed by atoms with Crippen molar-refractivity contribution in [3.8, 4) is 0 Å². The topological polar surface area (TPSA) is 80.9 Å². The van der Waals surface area contributed by atoms with Gasteiger partial charge in [0.1, 0.15) is 0 Å². The minimum absolute atomic E-state index is 0. The van der Waals surface area contributed by atoms with Gasteiger partial charge in [0.15, 0.2) is 0 Å². The molecule has 0 bridgehead atoms. The Kier molecular flexibility index (Phi) is 47.6. The minimum atomic E-state index is -0.167. The van der Waals surface area contributed by atoms with E-state index in [9.17, 15) is 0 Å². The SMILES string of the molecule is CC(C)O.CC(C)O.CC(C)O.CC(C)O.[Ba+2].[H-].[H-]. The van der Waals surface area contributed by atoms with Crippen LogP contribution in [0.3, 0.4) is 0 Å². The molecule has 0 aliphatic rings. The third-order valence-electron chi connectivity index (χ3n) is 0. The first-order chi connectivity index (χ1) is 6.93. The Labute approximate surface area is 150 Å². The zero-order chi connectivity index (χ0) is 14.3. The standard InChI is InChI=1S/4C3H8O.Ba.2H/c4*1-3(2)4;;;/h4*3-4H,1-2H3;;;/q;;;;+2;2*-1. The van der Waals surface area contributed by atoms with E-state index < -0.39 is 0 Å². The van der Waals surface area contributed by atoms with Crippen LogP contribution in [0.5, 0.6) is 0 Å². The van der Waals surface area contributed by atoms with Gasteiger partial charge < -0.3 is 23.3 Å². The van der Waals surface area contributed by atoms with Crippen molar-refractivity contribution in [2.45, 2.75) is 79.8 Å². The van der Waals surface area contributed by atoms with E-state index in [2.05, 4.69) is 0 Å². The zero-order valence-electron chi connectivity index (χ0n) is 14.8. The van der Waals surface area contributed by atoms with Crippen LogP contribution in [0.1, 0.15) is 58.2 Å². The second-order valence-corrected chi connectivity index (χ2v) is 4.37. The summed E-state index contributed by atoms with van der Waals surface area (Å²) < 4.78 is 0. The summed E-state index contributed by atoms with van der Waals surface area (Å²) in [7, 11) is 0. The van der Waals surface area contributed by atoms with Crippen LogP contribution in [0.4, 0.5) is 0 Å². The molecule has 17 heavy (non-hydrogen) atoms. The number of aliphatic hydroxyl groups excluding tert-OH is 4. The van der Waals surface area contributed by atoms with Gasteiger partial charge in [-0.2, -0.15) is 0 Å². The molecule has 0 atom stereocenters. The molecule has 0 aliphatic heterocycles. The summed E-state index contributed by atoms with van der Waals surface area (Å²) in [5, 5.41) is 32.2. The maximum atomic E-state index is 8.06. The van der Waals surface area contributed by atoms with Gasteiger partial charge in [0.25, 0.3) is 0 Å². The normalized spacial score (nSPS) is 8.47. The van der Waals surface area contributed by atoms with Gasteiger partial charge in [-0.3, -0.25) is 0 Å². The Balaban J connectivity index is -0.0000000192. The summed E-state index contributed by atoms with van der Waals surface area (Å²) in [6.45, 7) is 13.8. The van der Waals surface area contributed by atoms with Crippen molar-refractivity contribution < 1.29 is 23.3 Å². The molecule has 108 valence electrons. The van der Waals surface area contributed by atoms with Gasteiger partial charge in [0.2, 0.25) is 0 Å². The minimum Gasteiger partial charge on any atom is -1.00 e. The Morgan fingerprint density at radius 3 is 0.471 bits per heavy atom. The first-order valence-corrected chi connectivity index (χ1v) is 5.65. The van der Waals surface area contributed by atoms with Gasteiger partial charge >= 0.3 is 48.9 Å². The van der Waals surface area contributed by atoms with Crippen molar-refractivity contribution >= 4 is 48.9 Å². The fourth-order valence-corrected chi connectivity index (χ4v) is 0. The summed E-state index contributed by atoms with van der Waals surface area (Å²) in [6, 6.07) is 0. The molecule has 5 heteroatoms. The number of aliphatic hydroxyl groups is 4. The summed E-state index contributed by atoms with van der Waals surface area (Å²) in [5.74, 6) is 0. The van der Waals surface area contributed by atoms with E-state index in [1.165, 1.54) is 0 Å². The molecule has 0 aromatic rings. The van der Waals surface area contributed by atoms with E-state index in [1.54, 1.807) is 55.4 Å². The molecule has 4 N–H and O–H groups in total. The molecule has 0 aromatic heterocycles. The average molecular weight is 380 g/mol. The van der Waals surface area contributed by atoms with Crippen LogP contribution in [-0.2, 0) is 0 Å². The van der Waals surface area contributed by atoms with Gasteiger partial charge in [-0.1, -0.05) is 0 Å².